The topological polar surface area (TPSA) is 49.7 Å². The number of nitrogens with zero attached hydrogens (tertiary/aromatic N) is 1. The van der Waals surface area contributed by atoms with E-state index < -0.39 is 5.97 Å². The Morgan fingerprint density at radius 2 is 2.20 bits per heavy atom. The second kappa shape index (κ2) is 2.67. The zero-order valence-electron chi connectivity index (χ0n) is 7.77. The number of rotatable bonds is 1. The lowest BCUT2D eigenvalue weighted by molar-refractivity contribution is -0.130. The number of carboxylic acids is 1. The summed E-state index contributed by atoms with van der Waals surface area (Å²) in [6.45, 7) is 0. The van der Waals surface area contributed by atoms with Crippen molar-refractivity contribution in [2.75, 3.05) is 0 Å². The lowest BCUT2D eigenvalue weighted by Gasteiger charge is -1.98. The van der Waals surface area contributed by atoms with Crippen molar-refractivity contribution in [3.63, 3.8) is 0 Å². The molecule has 0 amide bonds. The number of aliphatic carboxylic acids is 1. The Kier molecular flexibility index (Phi) is 1.45. The van der Waals surface area contributed by atoms with Crippen LogP contribution in [-0.2, 0) is 4.79 Å². The maximum atomic E-state index is 10.9. The van der Waals surface area contributed by atoms with E-state index in [4.69, 9.17) is 5.11 Å². The average molecular weight is 197 g/mol. The summed E-state index contributed by atoms with van der Waals surface area (Å²) in [4.78, 5) is 15.0. The van der Waals surface area contributed by atoms with Crippen molar-refractivity contribution in [1.82, 2.24) is 0 Å². The molecule has 1 N–H and O–H groups in total. The van der Waals surface area contributed by atoms with Gasteiger partial charge in [0.25, 0.3) is 0 Å². The van der Waals surface area contributed by atoms with Crippen LogP contribution in [0.15, 0.2) is 29.4 Å². The molecule has 0 atom stereocenters. The molecular formula is C12H7NO2. The normalized spacial score (nSPS) is 15.1. The number of hydrogen-bond acceptors (Lipinski definition) is 2. The molecule has 1 aliphatic heterocycles. The first-order valence-corrected chi connectivity index (χ1v) is 4.60. The van der Waals surface area contributed by atoms with Gasteiger partial charge in [0, 0.05) is 11.8 Å². The molecule has 0 unspecified atom stereocenters. The van der Waals surface area contributed by atoms with Crippen LogP contribution in [0.5, 0.6) is 0 Å². The van der Waals surface area contributed by atoms with E-state index >= 15 is 0 Å². The molecule has 1 aromatic carbocycles. The van der Waals surface area contributed by atoms with Crippen LogP contribution in [0, 0.1) is 0 Å². The van der Waals surface area contributed by atoms with Crippen molar-refractivity contribution in [1.29, 1.82) is 0 Å². The first kappa shape index (κ1) is 8.17. The second-order valence-electron chi connectivity index (χ2n) is 3.50. The van der Waals surface area contributed by atoms with Gasteiger partial charge < -0.3 is 5.11 Å². The van der Waals surface area contributed by atoms with Crippen LogP contribution in [0.4, 0.5) is 0 Å². The Bertz CT molecular complexity index is 651. The van der Waals surface area contributed by atoms with Gasteiger partial charge in [-0.1, -0.05) is 18.2 Å². The number of benzene rings is 1. The maximum Gasteiger partial charge on any atom is 0.337 e. The fraction of sp³-hybridized carbons (Fsp3) is 0. The summed E-state index contributed by atoms with van der Waals surface area (Å²) in [7, 11) is 0. The molecule has 1 aromatic rings. The molecule has 15 heavy (non-hydrogen) atoms. The molecule has 3 rings (SSSR count). The summed E-state index contributed by atoms with van der Waals surface area (Å²) in [6.07, 6.45) is 7.31. The molecule has 1 heterocycles. The van der Waals surface area contributed by atoms with Crippen molar-refractivity contribution < 1.29 is 9.90 Å². The van der Waals surface area contributed by atoms with Crippen molar-refractivity contribution in [2.45, 2.75) is 0 Å². The maximum absolute atomic E-state index is 10.9. The zero-order valence-corrected chi connectivity index (χ0v) is 7.77. The average Bonchev–Trinajstić information content (AvgIpc) is 2.77. The van der Waals surface area contributed by atoms with Crippen molar-refractivity contribution in [2.24, 2.45) is 4.99 Å². The van der Waals surface area contributed by atoms with Crippen LogP contribution in [0.3, 0.4) is 0 Å². The summed E-state index contributed by atoms with van der Waals surface area (Å²) >= 11 is 0. The predicted molar refractivity (Wildman–Crippen MR) is 56.3 cm³/mol. The third kappa shape index (κ3) is 1.06. The molecule has 3 nitrogen and oxygen atoms in total. The molecule has 0 bridgehead atoms. The van der Waals surface area contributed by atoms with Gasteiger partial charge in [-0.2, -0.15) is 0 Å². The van der Waals surface area contributed by atoms with Crippen molar-refractivity contribution in [3.8, 4) is 0 Å². The molecule has 0 saturated heterocycles. The van der Waals surface area contributed by atoms with Gasteiger partial charge in [-0.25, -0.2) is 4.79 Å². The standard InChI is InChI=1S/C12H7NO2/c14-12(15)10-6-13-11-5-8-3-1-2-7(8)4-9(10)11/h1-6H,(H,14,15). The lowest BCUT2D eigenvalue weighted by atomic mass is 10.0. The summed E-state index contributed by atoms with van der Waals surface area (Å²) in [5, 5.41) is 10.7. The molecule has 72 valence electrons. The van der Waals surface area contributed by atoms with Gasteiger partial charge in [0.15, 0.2) is 0 Å². The number of allylic oxidation sites excluding steroid dienone is 1. The Morgan fingerprint density at radius 1 is 1.33 bits per heavy atom. The van der Waals surface area contributed by atoms with Crippen LogP contribution in [0.2, 0.25) is 0 Å². The van der Waals surface area contributed by atoms with E-state index in [1.54, 1.807) is 0 Å². The van der Waals surface area contributed by atoms with Crippen LogP contribution >= 0.6 is 0 Å². The first-order chi connectivity index (χ1) is 7.25. The van der Waals surface area contributed by atoms with Gasteiger partial charge in [0.2, 0.25) is 0 Å². The Hall–Kier alpha value is -2.16. The van der Waals surface area contributed by atoms with E-state index in [2.05, 4.69) is 4.99 Å². The predicted octanol–water partition coefficient (Wildman–Crippen LogP) is 0.553. The second-order valence-corrected chi connectivity index (χ2v) is 3.50. The van der Waals surface area contributed by atoms with Gasteiger partial charge in [-0.15, -0.1) is 0 Å². The highest BCUT2D eigenvalue weighted by atomic mass is 16.4. The SMILES string of the molecule is O=C(O)C1=CN=c2cc3c(cc21)=CC=C3. The molecule has 0 radical (unpaired) electrons. The fourth-order valence-corrected chi connectivity index (χ4v) is 1.86. The molecular weight excluding hydrogens is 190 g/mol. The van der Waals surface area contributed by atoms with Gasteiger partial charge in [-0.3, -0.25) is 4.99 Å². The van der Waals surface area contributed by atoms with E-state index in [-0.39, 0.29) is 5.57 Å². The quantitative estimate of drug-likeness (QED) is 0.714. The molecule has 1 aliphatic carbocycles. The van der Waals surface area contributed by atoms with E-state index in [9.17, 15) is 4.79 Å². The monoisotopic (exact) mass is 197 g/mol. The molecule has 0 aromatic heterocycles. The minimum Gasteiger partial charge on any atom is -0.478 e. The minimum absolute atomic E-state index is 0.271. The summed E-state index contributed by atoms with van der Waals surface area (Å²) < 4.78 is 0. The largest absolute Gasteiger partial charge is 0.478 e. The van der Waals surface area contributed by atoms with Crippen LogP contribution in [-0.4, -0.2) is 11.1 Å². The van der Waals surface area contributed by atoms with E-state index in [1.807, 2.05) is 30.4 Å². The van der Waals surface area contributed by atoms with Crippen LogP contribution in [0.1, 0.15) is 11.1 Å². The third-order valence-corrected chi connectivity index (χ3v) is 2.61. The summed E-state index contributed by atoms with van der Waals surface area (Å²) in [5.74, 6) is -0.927. The molecule has 2 aliphatic rings. The van der Waals surface area contributed by atoms with Gasteiger partial charge in [-0.05, 0) is 22.9 Å². The zero-order chi connectivity index (χ0) is 10.4. The Morgan fingerprint density at radius 3 is 3.00 bits per heavy atom. The third-order valence-electron chi connectivity index (χ3n) is 2.61. The number of carboxylic acid groups (broad SMARTS) is 1. The molecule has 0 spiro atoms. The van der Waals surface area contributed by atoms with Crippen molar-refractivity contribution in [3.05, 3.63) is 46.1 Å². The van der Waals surface area contributed by atoms with E-state index in [0.29, 0.717) is 5.56 Å². The van der Waals surface area contributed by atoms with Crippen LogP contribution < -0.4 is 10.6 Å². The summed E-state index contributed by atoms with van der Waals surface area (Å²) in [6, 6.07) is 3.79. The Labute approximate surface area is 85.4 Å². The van der Waals surface area contributed by atoms with Gasteiger partial charge >= 0.3 is 5.97 Å². The minimum atomic E-state index is -0.927. The number of fused-ring (bicyclic) bond motifs is 2. The summed E-state index contributed by atoms with van der Waals surface area (Å²) in [5.41, 5.74) is 2.08. The Balaban J connectivity index is 2.30. The number of carbonyl (C=O) groups is 1. The fourth-order valence-electron chi connectivity index (χ4n) is 1.86. The molecule has 0 fully saturated rings. The van der Waals surface area contributed by atoms with E-state index in [1.165, 1.54) is 6.20 Å². The number of hydrogen-bond donors (Lipinski definition) is 1. The van der Waals surface area contributed by atoms with E-state index in [0.717, 1.165) is 16.1 Å². The first-order valence-electron chi connectivity index (χ1n) is 4.60. The van der Waals surface area contributed by atoms with Gasteiger partial charge in [0.1, 0.15) is 0 Å². The molecule has 0 saturated carbocycles. The van der Waals surface area contributed by atoms with Crippen LogP contribution in [0.25, 0.3) is 17.7 Å². The smallest absolute Gasteiger partial charge is 0.337 e. The lowest BCUT2D eigenvalue weighted by Crippen LogP contribution is -2.16. The molecule has 3 heteroatoms. The van der Waals surface area contributed by atoms with Gasteiger partial charge in [0.05, 0.1) is 10.9 Å². The highest BCUT2D eigenvalue weighted by Crippen LogP contribution is 2.15. The van der Waals surface area contributed by atoms with Crippen molar-refractivity contribution >= 4 is 23.7 Å². The highest BCUT2D eigenvalue weighted by molar-refractivity contribution is 6.15. The highest BCUT2D eigenvalue weighted by Gasteiger charge is 2.17.